The molecule has 1 aromatic rings. The van der Waals surface area contributed by atoms with Crippen LogP contribution in [0.15, 0.2) is 16.9 Å². The van der Waals surface area contributed by atoms with E-state index in [1.54, 1.807) is 6.07 Å². The van der Waals surface area contributed by atoms with E-state index in [0.29, 0.717) is 18.7 Å². The van der Waals surface area contributed by atoms with Gasteiger partial charge < -0.3 is 10.6 Å². The van der Waals surface area contributed by atoms with Gasteiger partial charge in [-0.05, 0) is 18.7 Å². The molecule has 0 bridgehead atoms. The van der Waals surface area contributed by atoms with Crippen molar-refractivity contribution in [1.29, 1.82) is 0 Å². The molecule has 1 amide bonds. The van der Waals surface area contributed by atoms with Gasteiger partial charge in [0.25, 0.3) is 11.5 Å². The molecule has 2 aliphatic heterocycles. The smallest absolute Gasteiger partial charge is 0.271 e. The van der Waals surface area contributed by atoms with E-state index in [1.165, 1.54) is 10.6 Å². The second-order valence-electron chi connectivity index (χ2n) is 4.12. The number of fused-ring (bicyclic) bond motifs is 2. The summed E-state index contributed by atoms with van der Waals surface area (Å²) < 4.78 is 1.48. The third-order valence-electron chi connectivity index (χ3n) is 3.18. The Morgan fingerprint density at radius 2 is 2.19 bits per heavy atom. The number of hydrogen-bond donors (Lipinski definition) is 2. The van der Waals surface area contributed by atoms with Crippen molar-refractivity contribution in [2.75, 3.05) is 13.1 Å². The number of hydrogen-bond acceptors (Lipinski definition) is 3. The molecule has 0 aliphatic carbocycles. The molecule has 84 valence electrons. The predicted octanol–water partition coefficient (Wildman–Crippen LogP) is -0.109. The molecule has 0 saturated carbocycles. The fourth-order valence-corrected chi connectivity index (χ4v) is 2.57. The van der Waals surface area contributed by atoms with Gasteiger partial charge in [0.1, 0.15) is 16.4 Å². The van der Waals surface area contributed by atoms with E-state index in [4.69, 9.17) is 11.6 Å². The molecular weight excluding hydrogens is 230 g/mol. The summed E-state index contributed by atoms with van der Waals surface area (Å²) in [6.07, 6.45) is 0.700. The minimum absolute atomic E-state index is 0.145. The van der Waals surface area contributed by atoms with Gasteiger partial charge in [-0.3, -0.25) is 14.2 Å². The number of amides is 1. The number of nitrogens with zero attached hydrogens (tertiary/aromatic N) is 1. The topological polar surface area (TPSA) is 63.1 Å². The quantitative estimate of drug-likeness (QED) is 0.664. The van der Waals surface area contributed by atoms with Gasteiger partial charge >= 0.3 is 0 Å². The molecular formula is C10H10ClN3O2. The third kappa shape index (κ3) is 1.10. The number of halogens is 1. The summed E-state index contributed by atoms with van der Waals surface area (Å²) in [6, 6.07) is 3.06. The number of carbonyl (C=O) groups is 1. The van der Waals surface area contributed by atoms with E-state index >= 15 is 0 Å². The zero-order valence-electron chi connectivity index (χ0n) is 8.42. The Bertz CT molecular complexity index is 531. The fraction of sp³-hybridized carbons (Fsp3) is 0.400. The highest BCUT2D eigenvalue weighted by Crippen LogP contribution is 2.27. The zero-order chi connectivity index (χ0) is 11.3. The molecule has 2 aliphatic rings. The highest BCUT2D eigenvalue weighted by atomic mass is 35.5. The van der Waals surface area contributed by atoms with Crippen LogP contribution >= 0.6 is 11.6 Å². The van der Waals surface area contributed by atoms with E-state index < -0.39 is 5.66 Å². The summed E-state index contributed by atoms with van der Waals surface area (Å²) in [5.41, 5.74) is -0.534. The summed E-state index contributed by atoms with van der Waals surface area (Å²) in [5, 5.41) is 6.16. The summed E-state index contributed by atoms with van der Waals surface area (Å²) in [4.78, 5) is 23.7. The van der Waals surface area contributed by atoms with Crippen LogP contribution in [0, 0.1) is 0 Å². The first-order valence-corrected chi connectivity index (χ1v) is 5.47. The lowest BCUT2D eigenvalue weighted by atomic mass is 10.1. The lowest BCUT2D eigenvalue weighted by Gasteiger charge is -2.25. The van der Waals surface area contributed by atoms with E-state index in [-0.39, 0.29) is 16.5 Å². The molecule has 1 unspecified atom stereocenters. The van der Waals surface area contributed by atoms with Crippen molar-refractivity contribution in [3.05, 3.63) is 33.2 Å². The second kappa shape index (κ2) is 3.09. The average Bonchev–Trinajstić information content (AvgIpc) is 2.80. The van der Waals surface area contributed by atoms with Gasteiger partial charge in [-0.15, -0.1) is 0 Å². The number of rotatable bonds is 0. The standard InChI is InChI=1S/C10H10ClN3O2/c11-6-1-2-7-8(15)13-10(3-4-12-5-10)14(7)9(6)16/h1-2,12H,3-5H2,(H,13,15). The Hall–Kier alpha value is -1.33. The van der Waals surface area contributed by atoms with E-state index in [9.17, 15) is 9.59 Å². The minimum Gasteiger partial charge on any atom is -0.326 e. The molecule has 0 radical (unpaired) electrons. The van der Waals surface area contributed by atoms with Crippen LogP contribution in [0.25, 0.3) is 0 Å². The van der Waals surface area contributed by atoms with Gasteiger partial charge in [0.05, 0.1) is 0 Å². The van der Waals surface area contributed by atoms with Crippen molar-refractivity contribution in [3.8, 4) is 0 Å². The lowest BCUT2D eigenvalue weighted by molar-refractivity contribution is 0.0927. The van der Waals surface area contributed by atoms with Crippen LogP contribution in [0.4, 0.5) is 0 Å². The first-order valence-electron chi connectivity index (χ1n) is 5.09. The Kier molecular flexibility index (Phi) is 1.90. The van der Waals surface area contributed by atoms with E-state index in [2.05, 4.69) is 10.6 Å². The van der Waals surface area contributed by atoms with Gasteiger partial charge in [-0.1, -0.05) is 11.6 Å². The van der Waals surface area contributed by atoms with Crippen molar-refractivity contribution < 1.29 is 4.79 Å². The number of nitrogens with one attached hydrogen (secondary N) is 2. The highest BCUT2D eigenvalue weighted by Gasteiger charge is 2.45. The highest BCUT2D eigenvalue weighted by molar-refractivity contribution is 6.30. The van der Waals surface area contributed by atoms with Gasteiger partial charge in [-0.2, -0.15) is 0 Å². The zero-order valence-corrected chi connectivity index (χ0v) is 9.17. The lowest BCUT2D eigenvalue weighted by Crippen LogP contribution is -2.48. The van der Waals surface area contributed by atoms with E-state index in [0.717, 1.165) is 6.54 Å². The van der Waals surface area contributed by atoms with Crippen LogP contribution in [0.5, 0.6) is 0 Å². The summed E-state index contributed by atoms with van der Waals surface area (Å²) >= 11 is 5.81. The molecule has 1 saturated heterocycles. The molecule has 1 fully saturated rings. The number of aromatic nitrogens is 1. The van der Waals surface area contributed by atoms with Gasteiger partial charge in [0.15, 0.2) is 0 Å². The maximum absolute atomic E-state index is 12.0. The van der Waals surface area contributed by atoms with Gasteiger partial charge in [-0.25, -0.2) is 0 Å². The summed E-state index contributed by atoms with van der Waals surface area (Å²) in [7, 11) is 0. The molecule has 1 spiro atoms. The van der Waals surface area contributed by atoms with Crippen LogP contribution in [0.2, 0.25) is 5.02 Å². The SMILES string of the molecule is O=C1NC2(CCNC2)n2c1ccc(Cl)c2=O. The van der Waals surface area contributed by atoms with Crippen LogP contribution in [-0.4, -0.2) is 23.6 Å². The molecule has 0 aromatic carbocycles. The number of pyridine rings is 1. The largest absolute Gasteiger partial charge is 0.326 e. The maximum atomic E-state index is 12.0. The van der Waals surface area contributed by atoms with Crippen molar-refractivity contribution >= 4 is 17.5 Å². The van der Waals surface area contributed by atoms with Crippen molar-refractivity contribution in [2.24, 2.45) is 0 Å². The Morgan fingerprint density at radius 1 is 1.38 bits per heavy atom. The van der Waals surface area contributed by atoms with Crippen molar-refractivity contribution in [3.63, 3.8) is 0 Å². The molecule has 2 N–H and O–H groups in total. The fourth-order valence-electron chi connectivity index (χ4n) is 2.42. The molecule has 5 nitrogen and oxygen atoms in total. The summed E-state index contributed by atoms with van der Waals surface area (Å²) in [5.74, 6) is -0.211. The molecule has 1 atom stereocenters. The molecule has 1 aromatic heterocycles. The van der Waals surface area contributed by atoms with Crippen LogP contribution in [-0.2, 0) is 5.66 Å². The van der Waals surface area contributed by atoms with Crippen molar-refractivity contribution in [2.45, 2.75) is 12.1 Å². The third-order valence-corrected chi connectivity index (χ3v) is 3.46. The minimum atomic E-state index is -0.617. The van der Waals surface area contributed by atoms with Gasteiger partial charge in [0, 0.05) is 13.0 Å². The molecule has 3 heterocycles. The normalized spacial score (nSPS) is 27.2. The maximum Gasteiger partial charge on any atom is 0.271 e. The van der Waals surface area contributed by atoms with Crippen LogP contribution in [0.1, 0.15) is 16.9 Å². The summed E-state index contributed by atoms with van der Waals surface area (Å²) in [6.45, 7) is 1.34. The number of carbonyl (C=O) groups excluding carboxylic acids is 1. The van der Waals surface area contributed by atoms with E-state index in [1.807, 2.05) is 0 Å². The Balaban J connectivity index is 2.30. The average molecular weight is 240 g/mol. The first kappa shape index (κ1) is 9.86. The van der Waals surface area contributed by atoms with Crippen LogP contribution in [0.3, 0.4) is 0 Å². The molecule has 16 heavy (non-hydrogen) atoms. The predicted molar refractivity (Wildman–Crippen MR) is 58.6 cm³/mol. The monoisotopic (exact) mass is 239 g/mol. The van der Waals surface area contributed by atoms with Crippen molar-refractivity contribution in [1.82, 2.24) is 15.2 Å². The Labute approximate surface area is 96.4 Å². The molecule has 6 heteroatoms. The first-order chi connectivity index (χ1) is 7.64. The second-order valence-corrected chi connectivity index (χ2v) is 4.53. The Morgan fingerprint density at radius 3 is 2.88 bits per heavy atom. The van der Waals surface area contributed by atoms with Gasteiger partial charge in [0.2, 0.25) is 0 Å². The van der Waals surface area contributed by atoms with Crippen LogP contribution < -0.4 is 16.2 Å². The molecule has 3 rings (SSSR count).